The van der Waals surface area contributed by atoms with Gasteiger partial charge in [-0.1, -0.05) is 13.8 Å². The first kappa shape index (κ1) is 12.4. The number of hydrogen-bond donors (Lipinski definition) is 1. The lowest BCUT2D eigenvalue weighted by molar-refractivity contribution is 0.0596. The van der Waals surface area contributed by atoms with E-state index in [0.717, 1.165) is 45.0 Å². The first-order valence-electron chi connectivity index (χ1n) is 6.32. The van der Waals surface area contributed by atoms with E-state index in [1.807, 2.05) is 4.68 Å². The van der Waals surface area contributed by atoms with Gasteiger partial charge in [-0.05, 0) is 29.2 Å². The van der Waals surface area contributed by atoms with Crippen molar-refractivity contribution in [2.75, 3.05) is 13.2 Å². The highest BCUT2D eigenvalue weighted by Gasteiger charge is 2.17. The molecule has 0 radical (unpaired) electrons. The zero-order valence-corrected chi connectivity index (χ0v) is 10.6. The van der Waals surface area contributed by atoms with E-state index < -0.39 is 0 Å². The van der Waals surface area contributed by atoms with Crippen molar-refractivity contribution in [3.63, 3.8) is 0 Å². The molecule has 1 aliphatic heterocycles. The van der Waals surface area contributed by atoms with Crippen LogP contribution in [0.1, 0.15) is 32.5 Å². The van der Waals surface area contributed by atoms with Gasteiger partial charge in [-0.2, -0.15) is 0 Å². The second-order valence-corrected chi connectivity index (χ2v) is 4.87. The van der Waals surface area contributed by atoms with Gasteiger partial charge in [-0.15, -0.1) is 5.10 Å². The van der Waals surface area contributed by atoms with E-state index in [1.54, 1.807) is 0 Å². The lowest BCUT2D eigenvalue weighted by atomic mass is 10.0. The van der Waals surface area contributed by atoms with Crippen molar-refractivity contribution in [1.82, 2.24) is 25.5 Å². The highest BCUT2D eigenvalue weighted by atomic mass is 16.5. The van der Waals surface area contributed by atoms with E-state index in [-0.39, 0.29) is 0 Å². The molecule has 1 N–H and O–H groups in total. The minimum atomic E-state index is 0.447. The molecule has 0 unspecified atom stereocenters. The fraction of sp³-hybridized carbons (Fsp3) is 0.909. The summed E-state index contributed by atoms with van der Waals surface area (Å²) in [5, 5.41) is 15.2. The number of aromatic nitrogens is 4. The van der Waals surface area contributed by atoms with E-state index in [9.17, 15) is 0 Å². The van der Waals surface area contributed by atoms with Crippen LogP contribution < -0.4 is 5.32 Å². The first-order valence-corrected chi connectivity index (χ1v) is 6.32. The van der Waals surface area contributed by atoms with Crippen molar-refractivity contribution in [1.29, 1.82) is 0 Å². The predicted molar refractivity (Wildman–Crippen MR) is 63.3 cm³/mol. The van der Waals surface area contributed by atoms with Gasteiger partial charge >= 0.3 is 0 Å². The molecule has 0 aromatic carbocycles. The van der Waals surface area contributed by atoms with Gasteiger partial charge in [0.05, 0.1) is 6.54 Å². The predicted octanol–water partition coefficient (Wildman–Crippen LogP) is 0.598. The lowest BCUT2D eigenvalue weighted by Gasteiger charge is -2.22. The van der Waals surface area contributed by atoms with Crippen LogP contribution in [0.4, 0.5) is 0 Å². The summed E-state index contributed by atoms with van der Waals surface area (Å²) in [6, 6.07) is 0.447. The van der Waals surface area contributed by atoms with Crippen molar-refractivity contribution in [2.45, 2.75) is 45.8 Å². The summed E-state index contributed by atoms with van der Waals surface area (Å²) in [5.74, 6) is 1.57. The third kappa shape index (κ3) is 3.74. The molecule has 6 nitrogen and oxygen atoms in total. The second-order valence-electron chi connectivity index (χ2n) is 4.87. The Balaban J connectivity index is 1.88. The highest BCUT2D eigenvalue weighted by Crippen LogP contribution is 2.16. The second kappa shape index (κ2) is 6.07. The Morgan fingerprint density at radius 2 is 2.18 bits per heavy atom. The maximum absolute atomic E-state index is 5.35. The Kier molecular flexibility index (Phi) is 4.44. The van der Waals surface area contributed by atoms with Gasteiger partial charge < -0.3 is 10.1 Å². The van der Waals surface area contributed by atoms with Crippen LogP contribution in [-0.2, 0) is 17.8 Å². The Morgan fingerprint density at radius 1 is 1.41 bits per heavy atom. The van der Waals surface area contributed by atoms with Crippen LogP contribution in [-0.4, -0.2) is 39.5 Å². The highest BCUT2D eigenvalue weighted by molar-refractivity contribution is 4.81. The van der Waals surface area contributed by atoms with Gasteiger partial charge in [0.15, 0.2) is 5.82 Å². The van der Waals surface area contributed by atoms with E-state index in [0.29, 0.717) is 12.0 Å². The van der Waals surface area contributed by atoms with E-state index in [1.165, 1.54) is 0 Å². The molecule has 2 heterocycles. The van der Waals surface area contributed by atoms with Gasteiger partial charge in [-0.25, -0.2) is 4.68 Å². The standard InChI is InChI=1S/C11H21N5O/c1-9(2)12-7-11-13-14-15-16(11)8-10-3-5-17-6-4-10/h9-10,12H,3-8H2,1-2H3. The van der Waals surface area contributed by atoms with Crippen molar-refractivity contribution in [2.24, 2.45) is 5.92 Å². The molecule has 96 valence electrons. The molecule has 0 amide bonds. The van der Waals surface area contributed by atoms with Gasteiger partial charge in [0, 0.05) is 25.8 Å². The van der Waals surface area contributed by atoms with Gasteiger partial charge in [0.2, 0.25) is 0 Å². The molecule has 0 atom stereocenters. The van der Waals surface area contributed by atoms with Crippen molar-refractivity contribution in [3.8, 4) is 0 Å². The number of tetrazole rings is 1. The average Bonchev–Trinajstić information content (AvgIpc) is 2.75. The molecule has 0 bridgehead atoms. The van der Waals surface area contributed by atoms with E-state index >= 15 is 0 Å². The van der Waals surface area contributed by atoms with Crippen molar-refractivity contribution < 1.29 is 4.74 Å². The van der Waals surface area contributed by atoms with Crippen molar-refractivity contribution >= 4 is 0 Å². The van der Waals surface area contributed by atoms with Crippen LogP contribution in [0.5, 0.6) is 0 Å². The first-order chi connectivity index (χ1) is 8.25. The normalized spacial score (nSPS) is 17.8. The molecule has 1 aliphatic rings. The van der Waals surface area contributed by atoms with Crippen LogP contribution in [0.15, 0.2) is 0 Å². The largest absolute Gasteiger partial charge is 0.381 e. The van der Waals surface area contributed by atoms with Crippen LogP contribution >= 0.6 is 0 Å². The number of rotatable bonds is 5. The molecule has 1 fully saturated rings. The zero-order chi connectivity index (χ0) is 12.1. The molecular weight excluding hydrogens is 218 g/mol. The molecule has 1 aromatic heterocycles. The molecule has 0 saturated carbocycles. The Hall–Kier alpha value is -1.01. The number of nitrogens with one attached hydrogen (secondary N) is 1. The van der Waals surface area contributed by atoms with Crippen LogP contribution in [0, 0.1) is 5.92 Å². The van der Waals surface area contributed by atoms with Gasteiger partial charge in [-0.3, -0.25) is 0 Å². The minimum absolute atomic E-state index is 0.447. The van der Waals surface area contributed by atoms with Crippen LogP contribution in [0.2, 0.25) is 0 Å². The van der Waals surface area contributed by atoms with Crippen LogP contribution in [0.25, 0.3) is 0 Å². The summed E-state index contributed by atoms with van der Waals surface area (Å²) in [4.78, 5) is 0. The molecule has 17 heavy (non-hydrogen) atoms. The number of hydrogen-bond acceptors (Lipinski definition) is 5. The van der Waals surface area contributed by atoms with E-state index in [2.05, 4.69) is 34.7 Å². The van der Waals surface area contributed by atoms with Gasteiger partial charge in [0.25, 0.3) is 0 Å². The Morgan fingerprint density at radius 3 is 2.88 bits per heavy atom. The average molecular weight is 239 g/mol. The zero-order valence-electron chi connectivity index (χ0n) is 10.6. The molecule has 6 heteroatoms. The molecule has 2 rings (SSSR count). The quantitative estimate of drug-likeness (QED) is 0.815. The van der Waals surface area contributed by atoms with Gasteiger partial charge in [0.1, 0.15) is 0 Å². The molecular formula is C11H21N5O. The SMILES string of the molecule is CC(C)NCc1nnnn1CC1CCOCC1. The summed E-state index contributed by atoms with van der Waals surface area (Å²) in [7, 11) is 0. The smallest absolute Gasteiger partial charge is 0.165 e. The molecule has 1 aromatic rings. The topological polar surface area (TPSA) is 64.9 Å². The monoisotopic (exact) mass is 239 g/mol. The summed E-state index contributed by atoms with van der Waals surface area (Å²) in [6.07, 6.45) is 2.22. The summed E-state index contributed by atoms with van der Waals surface area (Å²) < 4.78 is 7.28. The molecule has 0 spiro atoms. The molecule has 1 saturated heterocycles. The maximum atomic E-state index is 5.35. The third-order valence-electron chi connectivity index (χ3n) is 3.05. The van der Waals surface area contributed by atoms with Crippen molar-refractivity contribution in [3.05, 3.63) is 5.82 Å². The fourth-order valence-electron chi connectivity index (χ4n) is 1.96. The molecule has 0 aliphatic carbocycles. The Bertz CT molecular complexity index is 332. The Labute approximate surface area is 102 Å². The van der Waals surface area contributed by atoms with E-state index in [4.69, 9.17) is 4.74 Å². The summed E-state index contributed by atoms with van der Waals surface area (Å²) in [5.41, 5.74) is 0. The number of ether oxygens (including phenoxy) is 1. The van der Waals surface area contributed by atoms with Crippen LogP contribution in [0.3, 0.4) is 0 Å². The third-order valence-corrected chi connectivity index (χ3v) is 3.05. The summed E-state index contributed by atoms with van der Waals surface area (Å²) in [6.45, 7) is 7.61. The minimum Gasteiger partial charge on any atom is -0.381 e. The maximum Gasteiger partial charge on any atom is 0.165 e. The lowest BCUT2D eigenvalue weighted by Crippen LogP contribution is -2.26. The number of nitrogens with zero attached hydrogens (tertiary/aromatic N) is 4. The summed E-state index contributed by atoms with van der Waals surface area (Å²) >= 11 is 0. The fourth-order valence-corrected chi connectivity index (χ4v) is 1.96.